The van der Waals surface area contributed by atoms with Crippen LogP contribution in [0, 0.1) is 0 Å². The third-order valence-corrected chi connectivity index (χ3v) is 3.20. The zero-order chi connectivity index (χ0) is 11.7. The van der Waals surface area contributed by atoms with Crippen molar-refractivity contribution in [3.8, 4) is 11.5 Å². The predicted molar refractivity (Wildman–Crippen MR) is 64.1 cm³/mol. The quantitative estimate of drug-likeness (QED) is 0.708. The van der Waals surface area contributed by atoms with E-state index in [1.165, 1.54) is 11.1 Å². The summed E-state index contributed by atoms with van der Waals surface area (Å²) in [7, 11) is 5.44. The van der Waals surface area contributed by atoms with E-state index in [1.54, 1.807) is 14.2 Å². The molecule has 0 aliphatic carbocycles. The van der Waals surface area contributed by atoms with Gasteiger partial charge < -0.3 is 9.47 Å². The van der Waals surface area contributed by atoms with Crippen molar-refractivity contribution in [3.05, 3.63) is 23.3 Å². The lowest BCUT2D eigenvalue weighted by Gasteiger charge is -2.18. The van der Waals surface area contributed by atoms with Gasteiger partial charge in [-0.05, 0) is 24.6 Å². The third kappa shape index (κ3) is 1.77. The van der Waals surface area contributed by atoms with Crippen LogP contribution in [0.3, 0.4) is 0 Å². The highest BCUT2D eigenvalue weighted by atomic mass is 16.5. The first-order chi connectivity index (χ1) is 7.65. The van der Waals surface area contributed by atoms with Gasteiger partial charge in [0.15, 0.2) is 23.8 Å². The van der Waals surface area contributed by atoms with E-state index in [0.29, 0.717) is 6.04 Å². The SMILES string of the molecule is COc1cc2c(cc1OC)C[C@@H](C)[N+](C)=C2. The van der Waals surface area contributed by atoms with Gasteiger partial charge in [-0.25, -0.2) is 4.58 Å². The average Bonchev–Trinajstić information content (AvgIpc) is 2.29. The highest BCUT2D eigenvalue weighted by Crippen LogP contribution is 2.31. The van der Waals surface area contributed by atoms with Crippen molar-refractivity contribution < 1.29 is 14.0 Å². The summed E-state index contributed by atoms with van der Waals surface area (Å²) in [6, 6.07) is 4.65. The molecule has 16 heavy (non-hydrogen) atoms. The first kappa shape index (κ1) is 11.0. The van der Waals surface area contributed by atoms with Crippen LogP contribution < -0.4 is 9.47 Å². The Labute approximate surface area is 96.3 Å². The summed E-state index contributed by atoms with van der Waals surface area (Å²) in [5.74, 6) is 1.60. The number of methoxy groups -OCH3 is 2. The minimum atomic E-state index is 0.533. The maximum atomic E-state index is 5.31. The summed E-state index contributed by atoms with van der Waals surface area (Å²) in [6.45, 7) is 2.22. The predicted octanol–water partition coefficient (Wildman–Crippen LogP) is 1.71. The van der Waals surface area contributed by atoms with Crippen LogP contribution >= 0.6 is 0 Å². The molecule has 0 amide bonds. The Morgan fingerprint density at radius 3 is 2.44 bits per heavy atom. The van der Waals surface area contributed by atoms with Crippen LogP contribution in [-0.2, 0) is 6.42 Å². The van der Waals surface area contributed by atoms with Crippen LogP contribution in [0.5, 0.6) is 11.5 Å². The van der Waals surface area contributed by atoms with E-state index in [9.17, 15) is 0 Å². The summed E-state index contributed by atoms with van der Waals surface area (Å²) in [5.41, 5.74) is 2.54. The first-order valence-corrected chi connectivity index (χ1v) is 5.47. The minimum absolute atomic E-state index is 0.533. The molecule has 0 unspecified atom stereocenters. The van der Waals surface area contributed by atoms with Crippen LogP contribution in [0.2, 0.25) is 0 Å². The summed E-state index contributed by atoms with van der Waals surface area (Å²) in [6.07, 6.45) is 3.20. The molecular weight excluding hydrogens is 202 g/mol. The van der Waals surface area contributed by atoms with Gasteiger partial charge in [0.25, 0.3) is 0 Å². The van der Waals surface area contributed by atoms with E-state index >= 15 is 0 Å². The van der Waals surface area contributed by atoms with Crippen molar-refractivity contribution in [1.29, 1.82) is 0 Å². The standard InChI is InChI=1S/C13H18NO2/c1-9-5-10-6-12(15-3)13(16-4)7-11(10)8-14(9)2/h6-9H,5H2,1-4H3/q+1/t9-/m1/s1. The molecule has 3 nitrogen and oxygen atoms in total. The Bertz CT molecular complexity index is 438. The molecule has 1 heterocycles. The van der Waals surface area contributed by atoms with Crippen molar-refractivity contribution in [3.63, 3.8) is 0 Å². The van der Waals surface area contributed by atoms with Gasteiger partial charge in [0.2, 0.25) is 0 Å². The van der Waals surface area contributed by atoms with Gasteiger partial charge in [0.1, 0.15) is 7.05 Å². The number of benzene rings is 1. The van der Waals surface area contributed by atoms with Gasteiger partial charge in [-0.3, -0.25) is 0 Å². The number of fused-ring (bicyclic) bond motifs is 1. The van der Waals surface area contributed by atoms with Gasteiger partial charge in [-0.2, -0.15) is 0 Å². The smallest absolute Gasteiger partial charge is 0.171 e. The molecule has 0 radical (unpaired) electrons. The monoisotopic (exact) mass is 220 g/mol. The van der Waals surface area contributed by atoms with Crippen LogP contribution in [0.15, 0.2) is 12.1 Å². The van der Waals surface area contributed by atoms with E-state index in [0.717, 1.165) is 17.9 Å². The largest absolute Gasteiger partial charge is 0.493 e. The molecule has 3 heteroatoms. The molecule has 1 aromatic carbocycles. The highest BCUT2D eigenvalue weighted by molar-refractivity contribution is 5.80. The fourth-order valence-corrected chi connectivity index (χ4v) is 2.04. The summed E-state index contributed by atoms with van der Waals surface area (Å²) < 4.78 is 12.8. The lowest BCUT2D eigenvalue weighted by molar-refractivity contribution is -0.530. The molecule has 0 aromatic heterocycles. The fraction of sp³-hybridized carbons (Fsp3) is 0.462. The molecular formula is C13H18NO2+. The number of hydrogen-bond donors (Lipinski definition) is 0. The van der Waals surface area contributed by atoms with Crippen molar-refractivity contribution >= 4 is 6.21 Å². The Balaban J connectivity index is 2.51. The number of rotatable bonds is 2. The maximum absolute atomic E-state index is 5.31. The molecule has 0 N–H and O–H groups in total. The van der Waals surface area contributed by atoms with E-state index in [4.69, 9.17) is 9.47 Å². The lowest BCUT2D eigenvalue weighted by Crippen LogP contribution is -2.28. The molecule has 86 valence electrons. The molecule has 1 aliphatic rings. The topological polar surface area (TPSA) is 21.5 Å². The average molecular weight is 220 g/mol. The summed E-state index contributed by atoms with van der Waals surface area (Å²) >= 11 is 0. The Kier molecular flexibility index (Phi) is 2.86. The number of ether oxygens (including phenoxy) is 2. The van der Waals surface area contributed by atoms with E-state index in [-0.39, 0.29) is 0 Å². The normalized spacial score (nSPS) is 18.8. The van der Waals surface area contributed by atoms with E-state index in [2.05, 4.69) is 30.8 Å². The van der Waals surface area contributed by atoms with Crippen molar-refractivity contribution in [2.45, 2.75) is 19.4 Å². The molecule has 0 bridgehead atoms. The Morgan fingerprint density at radius 2 is 1.81 bits per heavy atom. The van der Waals surface area contributed by atoms with E-state index in [1.807, 2.05) is 6.07 Å². The number of hydrogen-bond acceptors (Lipinski definition) is 2. The zero-order valence-corrected chi connectivity index (χ0v) is 10.3. The van der Waals surface area contributed by atoms with Crippen molar-refractivity contribution in [2.24, 2.45) is 0 Å². The zero-order valence-electron chi connectivity index (χ0n) is 10.3. The lowest BCUT2D eigenvalue weighted by atomic mass is 9.97. The van der Waals surface area contributed by atoms with Crippen LogP contribution in [-0.4, -0.2) is 38.1 Å². The second-order valence-corrected chi connectivity index (χ2v) is 4.25. The highest BCUT2D eigenvalue weighted by Gasteiger charge is 2.22. The molecule has 0 saturated heterocycles. The number of likely N-dealkylation sites (N-methyl/N-ethyl adjacent to an activating group) is 1. The van der Waals surface area contributed by atoms with Crippen LogP contribution in [0.1, 0.15) is 18.1 Å². The second-order valence-electron chi connectivity index (χ2n) is 4.25. The second kappa shape index (κ2) is 4.16. The molecule has 1 aromatic rings. The first-order valence-electron chi connectivity index (χ1n) is 5.47. The summed E-state index contributed by atoms with van der Waals surface area (Å²) in [4.78, 5) is 0. The molecule has 0 spiro atoms. The van der Waals surface area contributed by atoms with Crippen LogP contribution in [0.25, 0.3) is 0 Å². The molecule has 0 fully saturated rings. The number of nitrogens with zero attached hydrogens (tertiary/aromatic N) is 1. The Hall–Kier alpha value is -1.51. The Morgan fingerprint density at radius 1 is 1.19 bits per heavy atom. The van der Waals surface area contributed by atoms with Gasteiger partial charge in [-0.1, -0.05) is 0 Å². The molecule has 2 rings (SSSR count). The van der Waals surface area contributed by atoms with Crippen molar-refractivity contribution in [2.75, 3.05) is 21.3 Å². The fourth-order valence-electron chi connectivity index (χ4n) is 2.04. The van der Waals surface area contributed by atoms with Gasteiger partial charge in [0, 0.05) is 12.0 Å². The van der Waals surface area contributed by atoms with Crippen molar-refractivity contribution in [1.82, 2.24) is 0 Å². The summed E-state index contributed by atoms with van der Waals surface area (Å²) in [5, 5.41) is 0. The van der Waals surface area contributed by atoms with Gasteiger partial charge in [-0.15, -0.1) is 0 Å². The molecule has 0 saturated carbocycles. The third-order valence-electron chi connectivity index (χ3n) is 3.20. The van der Waals surface area contributed by atoms with Gasteiger partial charge in [0.05, 0.1) is 14.2 Å². The maximum Gasteiger partial charge on any atom is 0.171 e. The van der Waals surface area contributed by atoms with Crippen LogP contribution in [0.4, 0.5) is 0 Å². The molecule has 1 atom stereocenters. The molecule has 1 aliphatic heterocycles. The van der Waals surface area contributed by atoms with E-state index < -0.39 is 0 Å². The minimum Gasteiger partial charge on any atom is -0.493 e. The van der Waals surface area contributed by atoms with Gasteiger partial charge >= 0.3 is 0 Å².